The minimum absolute atomic E-state index is 0.467. The van der Waals surface area contributed by atoms with Crippen LogP contribution in [0.5, 0.6) is 5.75 Å². The molecule has 1 aliphatic rings. The van der Waals surface area contributed by atoms with Crippen LogP contribution in [0, 0.1) is 0 Å². The molecule has 3 nitrogen and oxygen atoms in total. The maximum atomic E-state index is 5.24. The predicted octanol–water partition coefficient (Wildman–Crippen LogP) is 1.27. The molecule has 1 fully saturated rings. The fourth-order valence-corrected chi connectivity index (χ4v) is 2.03. The van der Waals surface area contributed by atoms with Gasteiger partial charge in [-0.15, -0.1) is 0 Å². The van der Waals surface area contributed by atoms with Gasteiger partial charge in [-0.05, 0) is 24.7 Å². The van der Waals surface area contributed by atoms with Crippen LogP contribution in [0.25, 0.3) is 0 Å². The summed E-state index contributed by atoms with van der Waals surface area (Å²) in [4.78, 5) is 2.38. The molecule has 82 valence electrons. The van der Waals surface area contributed by atoms with E-state index >= 15 is 0 Å². The monoisotopic (exact) mass is 206 g/mol. The molecule has 1 aromatic rings. The largest absolute Gasteiger partial charge is 0.497 e. The van der Waals surface area contributed by atoms with Crippen LogP contribution in [0.1, 0.15) is 11.6 Å². The van der Waals surface area contributed by atoms with Crippen LogP contribution < -0.4 is 10.1 Å². The van der Waals surface area contributed by atoms with Crippen molar-refractivity contribution in [2.45, 2.75) is 6.04 Å². The SMILES string of the molecule is COc1cccc([C@H]2CNCCN2C)c1. The summed E-state index contributed by atoms with van der Waals surface area (Å²) in [5.74, 6) is 0.937. The lowest BCUT2D eigenvalue weighted by Crippen LogP contribution is -2.43. The molecule has 0 amide bonds. The second-order valence-electron chi connectivity index (χ2n) is 3.98. The highest BCUT2D eigenvalue weighted by atomic mass is 16.5. The van der Waals surface area contributed by atoms with Gasteiger partial charge in [0, 0.05) is 25.7 Å². The second-order valence-corrected chi connectivity index (χ2v) is 3.98. The van der Waals surface area contributed by atoms with E-state index < -0.39 is 0 Å². The van der Waals surface area contributed by atoms with Gasteiger partial charge in [-0.2, -0.15) is 0 Å². The van der Waals surface area contributed by atoms with Crippen molar-refractivity contribution in [2.24, 2.45) is 0 Å². The zero-order valence-corrected chi connectivity index (χ0v) is 9.36. The first-order valence-electron chi connectivity index (χ1n) is 5.36. The summed E-state index contributed by atoms with van der Waals surface area (Å²) in [5, 5.41) is 3.42. The molecule has 0 saturated carbocycles. The highest BCUT2D eigenvalue weighted by Gasteiger charge is 2.20. The third-order valence-corrected chi connectivity index (χ3v) is 2.99. The Morgan fingerprint density at radius 3 is 3.07 bits per heavy atom. The Morgan fingerprint density at radius 2 is 2.33 bits per heavy atom. The average molecular weight is 206 g/mol. The average Bonchev–Trinajstić information content (AvgIpc) is 2.30. The van der Waals surface area contributed by atoms with Gasteiger partial charge < -0.3 is 10.1 Å². The minimum atomic E-state index is 0.467. The lowest BCUT2D eigenvalue weighted by Gasteiger charge is -2.33. The molecule has 0 radical (unpaired) electrons. The fraction of sp³-hybridized carbons (Fsp3) is 0.500. The molecular weight excluding hydrogens is 188 g/mol. The number of nitrogens with zero attached hydrogens (tertiary/aromatic N) is 1. The summed E-state index contributed by atoms with van der Waals surface area (Å²) in [6, 6.07) is 8.79. The van der Waals surface area contributed by atoms with E-state index in [1.54, 1.807) is 7.11 Å². The third-order valence-electron chi connectivity index (χ3n) is 2.99. The van der Waals surface area contributed by atoms with Crippen LogP contribution in [-0.4, -0.2) is 38.7 Å². The Labute approximate surface area is 91.0 Å². The maximum absolute atomic E-state index is 5.24. The Morgan fingerprint density at radius 1 is 1.47 bits per heavy atom. The van der Waals surface area contributed by atoms with Gasteiger partial charge in [0.25, 0.3) is 0 Å². The number of nitrogens with one attached hydrogen (secondary N) is 1. The Bertz CT molecular complexity index is 327. The van der Waals surface area contributed by atoms with Gasteiger partial charge in [-0.3, -0.25) is 4.90 Å². The van der Waals surface area contributed by atoms with E-state index in [1.165, 1.54) is 5.56 Å². The van der Waals surface area contributed by atoms with E-state index in [0.717, 1.165) is 25.4 Å². The zero-order valence-electron chi connectivity index (χ0n) is 9.36. The van der Waals surface area contributed by atoms with Crippen molar-refractivity contribution in [3.05, 3.63) is 29.8 Å². The second kappa shape index (κ2) is 4.64. The van der Waals surface area contributed by atoms with Crippen LogP contribution in [0.15, 0.2) is 24.3 Å². The topological polar surface area (TPSA) is 24.5 Å². The zero-order chi connectivity index (χ0) is 10.7. The van der Waals surface area contributed by atoms with Crippen LogP contribution in [0.2, 0.25) is 0 Å². The van der Waals surface area contributed by atoms with Gasteiger partial charge in [-0.25, -0.2) is 0 Å². The molecule has 3 heteroatoms. The molecule has 0 spiro atoms. The van der Waals surface area contributed by atoms with Crippen LogP contribution in [-0.2, 0) is 0 Å². The van der Waals surface area contributed by atoms with Gasteiger partial charge in [-0.1, -0.05) is 12.1 Å². The standard InChI is InChI=1S/C12H18N2O/c1-14-7-6-13-9-12(14)10-4-3-5-11(8-10)15-2/h3-5,8,12-13H,6-7,9H2,1-2H3/t12-/m1/s1. The first-order valence-corrected chi connectivity index (χ1v) is 5.36. The molecule has 0 aromatic heterocycles. The van der Waals surface area contributed by atoms with Gasteiger partial charge >= 0.3 is 0 Å². The number of benzene rings is 1. The van der Waals surface area contributed by atoms with E-state index in [9.17, 15) is 0 Å². The number of rotatable bonds is 2. The van der Waals surface area contributed by atoms with Crippen LogP contribution in [0.4, 0.5) is 0 Å². The van der Waals surface area contributed by atoms with Gasteiger partial charge in [0.15, 0.2) is 0 Å². The molecule has 1 aromatic carbocycles. The summed E-state index contributed by atoms with van der Waals surface area (Å²) in [6.45, 7) is 3.20. The van der Waals surface area contributed by atoms with E-state index in [1.807, 2.05) is 6.07 Å². The molecule has 15 heavy (non-hydrogen) atoms. The lowest BCUT2D eigenvalue weighted by molar-refractivity contribution is 0.202. The molecule has 1 aliphatic heterocycles. The summed E-state index contributed by atoms with van der Waals surface area (Å²) >= 11 is 0. The number of hydrogen-bond donors (Lipinski definition) is 1. The van der Waals surface area contributed by atoms with Gasteiger partial charge in [0.05, 0.1) is 7.11 Å². The Balaban J connectivity index is 2.19. The summed E-state index contributed by atoms with van der Waals surface area (Å²) < 4.78 is 5.24. The van der Waals surface area contributed by atoms with Crippen molar-refractivity contribution in [3.8, 4) is 5.75 Å². The molecule has 1 N–H and O–H groups in total. The van der Waals surface area contributed by atoms with Crippen molar-refractivity contribution in [1.29, 1.82) is 0 Å². The number of methoxy groups -OCH3 is 1. The summed E-state index contributed by atoms with van der Waals surface area (Å²) in [6.07, 6.45) is 0. The van der Waals surface area contributed by atoms with Crippen molar-refractivity contribution >= 4 is 0 Å². The highest BCUT2D eigenvalue weighted by molar-refractivity contribution is 5.31. The van der Waals surface area contributed by atoms with Crippen molar-refractivity contribution in [2.75, 3.05) is 33.8 Å². The minimum Gasteiger partial charge on any atom is -0.497 e. The number of likely N-dealkylation sites (N-methyl/N-ethyl adjacent to an activating group) is 1. The Kier molecular flexibility index (Phi) is 3.23. The molecule has 1 atom stereocenters. The number of piperazine rings is 1. The smallest absolute Gasteiger partial charge is 0.119 e. The number of hydrogen-bond acceptors (Lipinski definition) is 3. The molecule has 0 aliphatic carbocycles. The molecule has 2 rings (SSSR count). The quantitative estimate of drug-likeness (QED) is 0.788. The maximum Gasteiger partial charge on any atom is 0.119 e. The third kappa shape index (κ3) is 2.30. The predicted molar refractivity (Wildman–Crippen MR) is 61.2 cm³/mol. The van der Waals surface area contributed by atoms with E-state index in [0.29, 0.717) is 6.04 Å². The van der Waals surface area contributed by atoms with Crippen molar-refractivity contribution < 1.29 is 4.74 Å². The first-order chi connectivity index (χ1) is 7.31. The normalized spacial score (nSPS) is 22.7. The van der Waals surface area contributed by atoms with Gasteiger partial charge in [0.2, 0.25) is 0 Å². The van der Waals surface area contributed by atoms with Crippen LogP contribution >= 0.6 is 0 Å². The molecular formula is C12H18N2O. The molecule has 1 saturated heterocycles. The van der Waals surface area contributed by atoms with Crippen molar-refractivity contribution in [3.63, 3.8) is 0 Å². The van der Waals surface area contributed by atoms with E-state index in [4.69, 9.17) is 4.74 Å². The number of ether oxygens (including phenoxy) is 1. The van der Waals surface area contributed by atoms with Crippen LogP contribution in [0.3, 0.4) is 0 Å². The lowest BCUT2D eigenvalue weighted by atomic mass is 10.0. The Hall–Kier alpha value is -1.06. The summed E-state index contributed by atoms with van der Waals surface area (Å²) in [5.41, 5.74) is 1.32. The van der Waals surface area contributed by atoms with E-state index in [-0.39, 0.29) is 0 Å². The molecule has 0 bridgehead atoms. The summed E-state index contributed by atoms with van der Waals surface area (Å²) in [7, 11) is 3.88. The first kappa shape index (κ1) is 10.5. The molecule has 1 heterocycles. The molecule has 0 unspecified atom stereocenters. The highest BCUT2D eigenvalue weighted by Crippen LogP contribution is 2.23. The fourth-order valence-electron chi connectivity index (χ4n) is 2.03. The van der Waals surface area contributed by atoms with Crippen molar-refractivity contribution in [1.82, 2.24) is 10.2 Å². The van der Waals surface area contributed by atoms with E-state index in [2.05, 4.69) is 35.5 Å². The van der Waals surface area contributed by atoms with Gasteiger partial charge in [0.1, 0.15) is 5.75 Å².